The van der Waals surface area contributed by atoms with Crippen LogP contribution < -0.4 is 16.0 Å². The van der Waals surface area contributed by atoms with Gasteiger partial charge >= 0.3 is 0 Å². The summed E-state index contributed by atoms with van der Waals surface area (Å²) in [6.07, 6.45) is 3.37. The van der Waals surface area contributed by atoms with E-state index in [0.29, 0.717) is 16.8 Å². The van der Waals surface area contributed by atoms with Crippen LogP contribution in [0.1, 0.15) is 0 Å². The number of para-hydroxylation sites is 2. The predicted molar refractivity (Wildman–Crippen MR) is 114 cm³/mol. The molecule has 4 aromatic rings. The highest BCUT2D eigenvalue weighted by molar-refractivity contribution is 7.64. The third-order valence-electron chi connectivity index (χ3n) is 4.07. The molecule has 0 aliphatic heterocycles. The summed E-state index contributed by atoms with van der Waals surface area (Å²) in [5, 5.41) is 10.4. The third kappa shape index (κ3) is 3.72. The van der Waals surface area contributed by atoms with Crippen LogP contribution in [0.15, 0.2) is 60.9 Å². The molecule has 0 bridgehead atoms. The van der Waals surface area contributed by atoms with E-state index in [4.69, 9.17) is 11.6 Å². The Kier molecular flexibility index (Phi) is 4.92. The van der Waals surface area contributed by atoms with Gasteiger partial charge in [0.05, 0.1) is 17.9 Å². The average Bonchev–Trinajstić information content (AvgIpc) is 3.08. The zero-order valence-electron chi connectivity index (χ0n) is 14.9. The highest BCUT2D eigenvalue weighted by Crippen LogP contribution is 2.31. The molecule has 8 heteroatoms. The van der Waals surface area contributed by atoms with Crippen LogP contribution >= 0.6 is 19.5 Å². The standard InChI is InChI=1S/C19H18ClN6P/c1-27(2)17-10-6-4-8-15(17)23-18-14(20)12-21-19(24-18)25-26-16-9-5-3-7-13(16)11-22-26/h3-12H,1-2H3,(H2,21,23,24,25). The first-order valence-electron chi connectivity index (χ1n) is 8.37. The molecular formula is C19H18ClN6P. The van der Waals surface area contributed by atoms with Crippen molar-refractivity contribution in [1.29, 1.82) is 0 Å². The number of hydrogen-bond donors (Lipinski definition) is 2. The normalized spacial score (nSPS) is 11.1. The highest BCUT2D eigenvalue weighted by atomic mass is 35.5. The smallest absolute Gasteiger partial charge is 0.245 e. The lowest BCUT2D eigenvalue weighted by Crippen LogP contribution is -2.14. The summed E-state index contributed by atoms with van der Waals surface area (Å²) >= 11 is 6.32. The molecule has 4 rings (SSSR count). The topological polar surface area (TPSA) is 67.7 Å². The Morgan fingerprint density at radius 2 is 1.78 bits per heavy atom. The van der Waals surface area contributed by atoms with E-state index in [2.05, 4.69) is 45.2 Å². The van der Waals surface area contributed by atoms with Gasteiger partial charge in [0.1, 0.15) is 5.02 Å². The van der Waals surface area contributed by atoms with E-state index < -0.39 is 0 Å². The molecule has 0 aliphatic carbocycles. The van der Waals surface area contributed by atoms with Gasteiger partial charge in [0.15, 0.2) is 5.82 Å². The maximum Gasteiger partial charge on any atom is 0.245 e. The summed E-state index contributed by atoms with van der Waals surface area (Å²) in [4.78, 5) is 10.4. The molecule has 2 N–H and O–H groups in total. The molecule has 136 valence electrons. The summed E-state index contributed by atoms with van der Waals surface area (Å²) in [5.41, 5.74) is 5.05. The van der Waals surface area contributed by atoms with E-state index in [1.54, 1.807) is 17.2 Å². The van der Waals surface area contributed by atoms with Gasteiger partial charge in [-0.2, -0.15) is 14.9 Å². The Labute approximate surface area is 163 Å². The average molecular weight is 397 g/mol. The van der Waals surface area contributed by atoms with E-state index in [1.165, 1.54) is 5.30 Å². The highest BCUT2D eigenvalue weighted by Gasteiger charge is 2.11. The van der Waals surface area contributed by atoms with E-state index in [-0.39, 0.29) is 7.92 Å². The van der Waals surface area contributed by atoms with Crippen molar-refractivity contribution in [2.24, 2.45) is 0 Å². The molecule has 0 radical (unpaired) electrons. The van der Waals surface area contributed by atoms with Crippen LogP contribution in [-0.2, 0) is 0 Å². The molecule has 0 aliphatic rings. The Bertz CT molecular complexity index is 1090. The second-order valence-electron chi connectivity index (χ2n) is 6.15. The Morgan fingerprint density at radius 1 is 1.00 bits per heavy atom. The molecule has 2 heterocycles. The molecule has 0 amide bonds. The van der Waals surface area contributed by atoms with Gasteiger partial charge in [0.25, 0.3) is 0 Å². The van der Waals surface area contributed by atoms with Gasteiger partial charge in [-0.25, -0.2) is 10.4 Å². The van der Waals surface area contributed by atoms with Gasteiger partial charge < -0.3 is 5.32 Å². The fourth-order valence-electron chi connectivity index (χ4n) is 2.76. The van der Waals surface area contributed by atoms with Crippen molar-refractivity contribution < 1.29 is 0 Å². The van der Waals surface area contributed by atoms with E-state index in [9.17, 15) is 0 Å². The van der Waals surface area contributed by atoms with Gasteiger partial charge in [-0.3, -0.25) is 0 Å². The summed E-state index contributed by atoms with van der Waals surface area (Å²) in [6, 6.07) is 16.1. The molecule has 2 aromatic carbocycles. The first-order chi connectivity index (χ1) is 13.1. The molecule has 0 saturated carbocycles. The molecule has 27 heavy (non-hydrogen) atoms. The number of fused-ring (bicyclic) bond motifs is 1. The van der Waals surface area contributed by atoms with Crippen molar-refractivity contribution in [3.63, 3.8) is 0 Å². The van der Waals surface area contributed by atoms with Crippen molar-refractivity contribution >= 4 is 53.2 Å². The zero-order chi connectivity index (χ0) is 18.8. The summed E-state index contributed by atoms with van der Waals surface area (Å²) in [6.45, 7) is 4.43. The first-order valence-corrected chi connectivity index (χ1v) is 11.0. The molecular weight excluding hydrogens is 379 g/mol. The lowest BCUT2D eigenvalue weighted by atomic mass is 10.3. The number of nitrogens with one attached hydrogen (secondary N) is 2. The second-order valence-corrected chi connectivity index (χ2v) is 8.83. The molecule has 2 aromatic heterocycles. The molecule has 0 unspecified atom stereocenters. The molecule has 6 nitrogen and oxygen atoms in total. The SMILES string of the molecule is CP(C)c1ccccc1Nc1nc(Nn2ncc3ccccc32)ncc1Cl. The van der Waals surface area contributed by atoms with Crippen molar-refractivity contribution in [2.75, 3.05) is 24.1 Å². The lowest BCUT2D eigenvalue weighted by molar-refractivity contribution is 0.813. The maximum absolute atomic E-state index is 6.32. The predicted octanol–water partition coefficient (Wildman–Crippen LogP) is 4.47. The fraction of sp³-hybridized carbons (Fsp3) is 0.105. The third-order valence-corrected chi connectivity index (χ3v) is 5.70. The van der Waals surface area contributed by atoms with E-state index in [0.717, 1.165) is 16.6 Å². The van der Waals surface area contributed by atoms with E-state index in [1.807, 2.05) is 42.5 Å². The minimum Gasteiger partial charge on any atom is -0.338 e. The van der Waals surface area contributed by atoms with Crippen LogP contribution in [0, 0.1) is 0 Å². The van der Waals surface area contributed by atoms with Crippen molar-refractivity contribution in [2.45, 2.75) is 0 Å². The second kappa shape index (κ2) is 7.51. The largest absolute Gasteiger partial charge is 0.338 e. The molecule has 0 saturated heterocycles. The molecule has 0 atom stereocenters. The van der Waals surface area contributed by atoms with Gasteiger partial charge in [0.2, 0.25) is 5.95 Å². The van der Waals surface area contributed by atoms with Crippen molar-refractivity contribution in [3.05, 3.63) is 65.9 Å². The first kappa shape index (κ1) is 17.7. The monoisotopic (exact) mass is 396 g/mol. The van der Waals surface area contributed by atoms with Crippen LogP contribution in [0.2, 0.25) is 5.02 Å². The Balaban J connectivity index is 1.64. The summed E-state index contributed by atoms with van der Waals surface area (Å²) in [5.74, 6) is 0.957. The minimum absolute atomic E-state index is 0.262. The van der Waals surface area contributed by atoms with Crippen molar-refractivity contribution in [3.8, 4) is 0 Å². The van der Waals surface area contributed by atoms with Crippen LogP contribution in [0.3, 0.4) is 0 Å². The molecule has 0 fully saturated rings. The minimum atomic E-state index is -0.262. The number of halogens is 1. The van der Waals surface area contributed by atoms with E-state index >= 15 is 0 Å². The van der Waals surface area contributed by atoms with Crippen LogP contribution in [-0.4, -0.2) is 33.2 Å². The quantitative estimate of drug-likeness (QED) is 0.487. The van der Waals surface area contributed by atoms with Crippen LogP contribution in [0.25, 0.3) is 10.9 Å². The number of anilines is 3. The lowest BCUT2D eigenvalue weighted by Gasteiger charge is -2.15. The number of nitrogens with zero attached hydrogens (tertiary/aromatic N) is 4. The fourth-order valence-corrected chi connectivity index (χ4v) is 3.90. The number of benzene rings is 2. The molecule has 0 spiro atoms. The van der Waals surface area contributed by atoms with Crippen LogP contribution in [0.5, 0.6) is 0 Å². The number of rotatable bonds is 5. The Morgan fingerprint density at radius 3 is 2.63 bits per heavy atom. The van der Waals surface area contributed by atoms with Gasteiger partial charge in [-0.05, 0) is 30.8 Å². The summed E-state index contributed by atoms with van der Waals surface area (Å²) in [7, 11) is -0.262. The van der Waals surface area contributed by atoms with Crippen molar-refractivity contribution in [1.82, 2.24) is 19.9 Å². The zero-order valence-corrected chi connectivity index (χ0v) is 16.5. The van der Waals surface area contributed by atoms with Gasteiger partial charge in [-0.1, -0.05) is 55.9 Å². The van der Waals surface area contributed by atoms with Gasteiger partial charge in [-0.15, -0.1) is 0 Å². The van der Waals surface area contributed by atoms with Gasteiger partial charge in [0, 0.05) is 11.1 Å². The number of hydrogen-bond acceptors (Lipinski definition) is 5. The number of aromatic nitrogens is 4. The maximum atomic E-state index is 6.32. The van der Waals surface area contributed by atoms with Crippen LogP contribution in [0.4, 0.5) is 17.5 Å². The summed E-state index contributed by atoms with van der Waals surface area (Å²) < 4.78 is 0. The Hall–Kier alpha value is -2.69.